The smallest absolute Gasteiger partial charge is 0.255 e. The Balaban J connectivity index is 2.02. The zero-order valence-electron chi connectivity index (χ0n) is 16.5. The normalized spacial score (nSPS) is 10.3. The molecule has 0 atom stereocenters. The number of ether oxygens (including phenoxy) is 2. The maximum absolute atomic E-state index is 12.5. The molecule has 0 radical (unpaired) electrons. The molecule has 0 aromatic heterocycles. The fraction of sp³-hybridized carbons (Fsp3) is 0.273. The van der Waals surface area contributed by atoms with E-state index in [1.54, 1.807) is 36.4 Å². The molecule has 2 rings (SSSR count). The van der Waals surface area contributed by atoms with Gasteiger partial charge >= 0.3 is 0 Å². The van der Waals surface area contributed by atoms with Gasteiger partial charge in [0.2, 0.25) is 5.91 Å². The van der Waals surface area contributed by atoms with E-state index in [1.165, 1.54) is 7.11 Å². The lowest BCUT2D eigenvalue weighted by Gasteiger charge is -2.12. The average Bonchev–Trinajstić information content (AvgIpc) is 2.67. The van der Waals surface area contributed by atoms with Crippen LogP contribution in [0.25, 0.3) is 0 Å². The topological polar surface area (TPSA) is 76.7 Å². The summed E-state index contributed by atoms with van der Waals surface area (Å²) >= 11 is 0. The first kappa shape index (κ1) is 21.0. The van der Waals surface area contributed by atoms with Crippen molar-refractivity contribution in [3.05, 3.63) is 66.2 Å². The van der Waals surface area contributed by atoms with Gasteiger partial charge in [-0.3, -0.25) is 9.59 Å². The van der Waals surface area contributed by atoms with E-state index in [9.17, 15) is 9.59 Å². The van der Waals surface area contributed by atoms with E-state index in [2.05, 4.69) is 17.2 Å². The van der Waals surface area contributed by atoms with Crippen molar-refractivity contribution in [3.8, 4) is 11.5 Å². The minimum absolute atomic E-state index is 0.0300. The highest BCUT2D eigenvalue weighted by Crippen LogP contribution is 2.28. The van der Waals surface area contributed by atoms with Gasteiger partial charge in [0, 0.05) is 17.3 Å². The Morgan fingerprint density at radius 2 is 1.82 bits per heavy atom. The van der Waals surface area contributed by atoms with E-state index < -0.39 is 0 Å². The number of hydrogen-bond acceptors (Lipinski definition) is 4. The second kappa shape index (κ2) is 10.2. The Hall–Kier alpha value is -3.28. The van der Waals surface area contributed by atoms with Crippen LogP contribution in [-0.4, -0.2) is 31.6 Å². The molecule has 0 saturated heterocycles. The van der Waals surface area contributed by atoms with Crippen LogP contribution in [0.15, 0.2) is 55.1 Å². The van der Waals surface area contributed by atoms with Gasteiger partial charge in [0.15, 0.2) is 11.5 Å². The van der Waals surface area contributed by atoms with E-state index in [1.807, 2.05) is 26.0 Å². The van der Waals surface area contributed by atoms with Crippen LogP contribution in [0.1, 0.15) is 29.8 Å². The van der Waals surface area contributed by atoms with E-state index in [0.29, 0.717) is 35.8 Å². The number of carbonyl (C=O) groups excluding carboxylic acids is 2. The van der Waals surface area contributed by atoms with Crippen LogP contribution in [0, 0.1) is 0 Å². The van der Waals surface area contributed by atoms with Crippen LogP contribution in [0.3, 0.4) is 0 Å². The summed E-state index contributed by atoms with van der Waals surface area (Å²) in [7, 11) is 1.52. The van der Waals surface area contributed by atoms with Gasteiger partial charge < -0.3 is 20.1 Å². The predicted octanol–water partition coefficient (Wildman–Crippen LogP) is 3.58. The summed E-state index contributed by atoms with van der Waals surface area (Å²) in [5.41, 5.74) is 1.97. The second-order valence-corrected chi connectivity index (χ2v) is 6.52. The molecule has 2 N–H and O–H groups in total. The van der Waals surface area contributed by atoms with E-state index in [4.69, 9.17) is 9.47 Å². The Labute approximate surface area is 165 Å². The molecule has 148 valence electrons. The molecule has 0 bridgehead atoms. The molecular formula is C22H26N2O4. The van der Waals surface area contributed by atoms with Crippen molar-refractivity contribution >= 4 is 17.5 Å². The van der Waals surface area contributed by atoms with Crippen LogP contribution in [0.2, 0.25) is 0 Å². The molecule has 0 fully saturated rings. The van der Waals surface area contributed by atoms with Crippen LogP contribution < -0.4 is 20.1 Å². The Morgan fingerprint density at radius 3 is 2.43 bits per heavy atom. The first-order valence-corrected chi connectivity index (χ1v) is 9.04. The minimum Gasteiger partial charge on any atom is -0.493 e. The monoisotopic (exact) mass is 382 g/mol. The van der Waals surface area contributed by atoms with Gasteiger partial charge in [-0.05, 0) is 49.7 Å². The maximum Gasteiger partial charge on any atom is 0.255 e. The lowest BCUT2D eigenvalue weighted by molar-refractivity contribution is -0.120. The molecular weight excluding hydrogens is 356 g/mol. The van der Waals surface area contributed by atoms with Crippen LogP contribution in [0.4, 0.5) is 5.69 Å². The molecule has 0 aliphatic rings. The fourth-order valence-corrected chi connectivity index (χ4v) is 2.54. The van der Waals surface area contributed by atoms with Crippen molar-refractivity contribution in [2.75, 3.05) is 19.0 Å². The predicted molar refractivity (Wildman–Crippen MR) is 110 cm³/mol. The van der Waals surface area contributed by atoms with Gasteiger partial charge in [-0.1, -0.05) is 24.8 Å². The molecule has 0 spiro atoms. The molecule has 6 heteroatoms. The zero-order valence-corrected chi connectivity index (χ0v) is 16.5. The SMILES string of the molecule is C=CCOc1ccc(C(=O)Nc2ccc(CC(=O)NC(C)C)cc2)cc1OC. The number of amides is 2. The van der Waals surface area contributed by atoms with Crippen LogP contribution in [0.5, 0.6) is 11.5 Å². The standard InChI is InChI=1S/C22H26N2O4/c1-5-12-28-19-11-8-17(14-20(19)27-4)22(26)24-18-9-6-16(7-10-18)13-21(25)23-15(2)3/h5-11,14-15H,1,12-13H2,2-4H3,(H,23,25)(H,24,26). The summed E-state index contributed by atoms with van der Waals surface area (Å²) in [6.45, 7) is 7.80. The first-order valence-electron chi connectivity index (χ1n) is 9.04. The molecule has 28 heavy (non-hydrogen) atoms. The van der Waals surface area contributed by atoms with Crippen molar-refractivity contribution in [2.45, 2.75) is 26.3 Å². The molecule has 0 unspecified atom stereocenters. The Morgan fingerprint density at radius 1 is 1.11 bits per heavy atom. The molecule has 2 aromatic carbocycles. The summed E-state index contributed by atoms with van der Waals surface area (Å²) in [4.78, 5) is 24.3. The quantitative estimate of drug-likeness (QED) is 0.650. The van der Waals surface area contributed by atoms with Crippen molar-refractivity contribution in [1.82, 2.24) is 5.32 Å². The summed E-state index contributed by atoms with van der Waals surface area (Å²) in [5.74, 6) is 0.723. The third-order valence-electron chi connectivity index (χ3n) is 3.81. The molecule has 0 aliphatic carbocycles. The number of methoxy groups -OCH3 is 1. The van der Waals surface area contributed by atoms with Gasteiger partial charge in [0.05, 0.1) is 13.5 Å². The van der Waals surface area contributed by atoms with Gasteiger partial charge in [-0.25, -0.2) is 0 Å². The fourth-order valence-electron chi connectivity index (χ4n) is 2.54. The zero-order chi connectivity index (χ0) is 20.5. The molecule has 0 aliphatic heterocycles. The second-order valence-electron chi connectivity index (χ2n) is 6.52. The largest absolute Gasteiger partial charge is 0.493 e. The van der Waals surface area contributed by atoms with Gasteiger partial charge in [0.25, 0.3) is 5.91 Å². The molecule has 0 saturated carbocycles. The Kier molecular flexibility index (Phi) is 7.63. The van der Waals surface area contributed by atoms with Crippen molar-refractivity contribution in [1.29, 1.82) is 0 Å². The maximum atomic E-state index is 12.5. The summed E-state index contributed by atoms with van der Waals surface area (Å²) in [6.07, 6.45) is 1.94. The van der Waals surface area contributed by atoms with Gasteiger partial charge in [-0.15, -0.1) is 0 Å². The summed E-state index contributed by atoms with van der Waals surface area (Å²) in [6, 6.07) is 12.3. The summed E-state index contributed by atoms with van der Waals surface area (Å²) < 4.78 is 10.8. The number of hydrogen-bond donors (Lipinski definition) is 2. The van der Waals surface area contributed by atoms with Crippen LogP contribution >= 0.6 is 0 Å². The first-order chi connectivity index (χ1) is 13.4. The van der Waals surface area contributed by atoms with E-state index in [0.717, 1.165) is 5.56 Å². The molecule has 0 heterocycles. The molecule has 2 aromatic rings. The third-order valence-corrected chi connectivity index (χ3v) is 3.81. The van der Waals surface area contributed by atoms with Crippen molar-refractivity contribution in [3.63, 3.8) is 0 Å². The number of carbonyl (C=O) groups is 2. The van der Waals surface area contributed by atoms with E-state index >= 15 is 0 Å². The summed E-state index contributed by atoms with van der Waals surface area (Å²) in [5, 5.41) is 5.68. The molecule has 6 nitrogen and oxygen atoms in total. The van der Waals surface area contributed by atoms with E-state index in [-0.39, 0.29) is 17.9 Å². The number of nitrogens with one attached hydrogen (secondary N) is 2. The van der Waals surface area contributed by atoms with Crippen LogP contribution in [-0.2, 0) is 11.2 Å². The lowest BCUT2D eigenvalue weighted by atomic mass is 10.1. The molecule has 2 amide bonds. The van der Waals surface area contributed by atoms with Gasteiger partial charge in [0.1, 0.15) is 6.61 Å². The highest BCUT2D eigenvalue weighted by molar-refractivity contribution is 6.04. The lowest BCUT2D eigenvalue weighted by Crippen LogP contribution is -2.31. The highest BCUT2D eigenvalue weighted by Gasteiger charge is 2.12. The average molecular weight is 382 g/mol. The van der Waals surface area contributed by atoms with Crippen molar-refractivity contribution < 1.29 is 19.1 Å². The third kappa shape index (κ3) is 6.16. The Bertz CT molecular complexity index is 829. The van der Waals surface area contributed by atoms with Crippen molar-refractivity contribution in [2.24, 2.45) is 0 Å². The number of anilines is 1. The highest BCUT2D eigenvalue weighted by atomic mass is 16.5. The minimum atomic E-state index is -0.265. The van der Waals surface area contributed by atoms with Gasteiger partial charge in [-0.2, -0.15) is 0 Å². The number of benzene rings is 2. The number of rotatable bonds is 9.